The fourth-order valence-electron chi connectivity index (χ4n) is 4.09. The lowest BCUT2D eigenvalue weighted by Crippen LogP contribution is -2.38. The molecule has 0 fully saturated rings. The lowest BCUT2D eigenvalue weighted by Gasteiger charge is -2.28. The van der Waals surface area contributed by atoms with Crippen LogP contribution in [-0.4, -0.2) is 53.1 Å². The standard InChI is InChI=1S/C26H19Cl2N5O5S/c1-12-6-14(21-16(7-12)31-19(35-3)10-30-21)25-32-22-15(27)8-17-23(24(22)39-25)36-11-20(37-17)38-26(34)33(2)13-4-5-18(28)29-9-13/h4-10,20H,11H2,1-3H3/t20-/m1/s1. The minimum atomic E-state index is -0.986. The molecule has 1 amide bonds. The largest absolute Gasteiger partial charge is 0.480 e. The van der Waals surface area contributed by atoms with Crippen molar-refractivity contribution in [1.82, 2.24) is 19.9 Å². The Morgan fingerprint density at radius 2 is 1.97 bits per heavy atom. The number of fused-ring (bicyclic) bond motifs is 4. The third-order valence-electron chi connectivity index (χ3n) is 5.98. The third kappa shape index (κ3) is 4.73. The van der Waals surface area contributed by atoms with Gasteiger partial charge in [-0.25, -0.2) is 24.7 Å². The van der Waals surface area contributed by atoms with Crippen LogP contribution >= 0.6 is 34.5 Å². The summed E-state index contributed by atoms with van der Waals surface area (Å²) in [5.41, 5.74) is 4.27. The normalized spacial score (nSPS) is 14.4. The highest BCUT2D eigenvalue weighted by Gasteiger charge is 2.30. The lowest BCUT2D eigenvalue weighted by molar-refractivity contribution is -0.0717. The van der Waals surface area contributed by atoms with Gasteiger partial charge in [0.15, 0.2) is 18.1 Å². The smallest absolute Gasteiger partial charge is 0.417 e. The average molecular weight is 584 g/mol. The minimum absolute atomic E-state index is 0.0198. The number of benzene rings is 2. The molecule has 5 aromatic rings. The summed E-state index contributed by atoms with van der Waals surface area (Å²) in [5, 5.41) is 1.39. The van der Waals surface area contributed by atoms with Gasteiger partial charge in [0.1, 0.15) is 20.4 Å². The number of halogens is 2. The number of carbonyl (C=O) groups is 1. The summed E-state index contributed by atoms with van der Waals surface area (Å²) in [4.78, 5) is 31.8. The summed E-state index contributed by atoms with van der Waals surface area (Å²) in [6, 6.07) is 8.78. The summed E-state index contributed by atoms with van der Waals surface area (Å²) in [6.07, 6.45) is 1.41. The predicted octanol–water partition coefficient (Wildman–Crippen LogP) is 6.30. The van der Waals surface area contributed by atoms with Gasteiger partial charge in [0.05, 0.1) is 41.2 Å². The zero-order chi connectivity index (χ0) is 27.3. The monoisotopic (exact) mass is 583 g/mol. The van der Waals surface area contributed by atoms with Gasteiger partial charge in [-0.2, -0.15) is 0 Å². The maximum atomic E-state index is 12.7. The Morgan fingerprint density at radius 1 is 1.13 bits per heavy atom. The molecule has 2 aromatic carbocycles. The maximum Gasteiger partial charge on any atom is 0.417 e. The van der Waals surface area contributed by atoms with Crippen molar-refractivity contribution in [2.24, 2.45) is 0 Å². The first-order valence-electron chi connectivity index (χ1n) is 11.6. The summed E-state index contributed by atoms with van der Waals surface area (Å²) < 4.78 is 23.4. The topological polar surface area (TPSA) is 109 Å². The van der Waals surface area contributed by atoms with Gasteiger partial charge in [-0.15, -0.1) is 11.3 Å². The minimum Gasteiger partial charge on any atom is -0.480 e. The second-order valence-corrected chi connectivity index (χ2v) is 10.4. The van der Waals surface area contributed by atoms with Gasteiger partial charge in [-0.3, -0.25) is 4.90 Å². The van der Waals surface area contributed by atoms with Crippen LogP contribution in [0.4, 0.5) is 10.5 Å². The van der Waals surface area contributed by atoms with Crippen molar-refractivity contribution in [1.29, 1.82) is 0 Å². The molecule has 13 heteroatoms. The second-order valence-electron chi connectivity index (χ2n) is 8.62. The molecule has 0 radical (unpaired) electrons. The van der Waals surface area contributed by atoms with E-state index >= 15 is 0 Å². The van der Waals surface area contributed by atoms with Crippen LogP contribution in [0.2, 0.25) is 10.2 Å². The number of methoxy groups -OCH3 is 1. The third-order valence-corrected chi connectivity index (χ3v) is 7.58. The van der Waals surface area contributed by atoms with Gasteiger partial charge in [0, 0.05) is 18.7 Å². The number of hydrogen-bond acceptors (Lipinski definition) is 10. The average Bonchev–Trinajstić information content (AvgIpc) is 3.38. The van der Waals surface area contributed by atoms with Gasteiger partial charge >= 0.3 is 6.09 Å². The molecule has 1 aliphatic heterocycles. The van der Waals surface area contributed by atoms with E-state index in [2.05, 4.69) is 15.0 Å². The first-order valence-corrected chi connectivity index (χ1v) is 13.2. The predicted molar refractivity (Wildman–Crippen MR) is 148 cm³/mol. The van der Waals surface area contributed by atoms with Crippen LogP contribution in [-0.2, 0) is 4.74 Å². The van der Waals surface area contributed by atoms with E-state index in [0.29, 0.717) is 59.5 Å². The van der Waals surface area contributed by atoms with E-state index in [-0.39, 0.29) is 6.61 Å². The molecule has 39 heavy (non-hydrogen) atoms. The Labute approximate surface area is 236 Å². The van der Waals surface area contributed by atoms with E-state index in [0.717, 1.165) is 11.1 Å². The zero-order valence-electron chi connectivity index (χ0n) is 20.8. The molecule has 1 aliphatic rings. The number of anilines is 1. The summed E-state index contributed by atoms with van der Waals surface area (Å²) >= 11 is 13.8. The van der Waals surface area contributed by atoms with Crippen LogP contribution in [0.25, 0.3) is 31.8 Å². The highest BCUT2D eigenvalue weighted by Crippen LogP contribution is 2.47. The Morgan fingerprint density at radius 3 is 2.74 bits per heavy atom. The number of pyridine rings is 1. The fraction of sp³-hybridized carbons (Fsp3) is 0.192. The Bertz CT molecular complexity index is 1750. The van der Waals surface area contributed by atoms with E-state index in [1.54, 1.807) is 38.6 Å². The Balaban J connectivity index is 1.30. The lowest BCUT2D eigenvalue weighted by atomic mass is 10.1. The number of ether oxygens (including phenoxy) is 4. The van der Waals surface area contributed by atoms with Gasteiger partial charge in [-0.1, -0.05) is 23.2 Å². The van der Waals surface area contributed by atoms with Crippen LogP contribution in [0.1, 0.15) is 5.56 Å². The molecule has 0 bridgehead atoms. The number of aromatic nitrogens is 4. The zero-order valence-corrected chi connectivity index (χ0v) is 23.1. The van der Waals surface area contributed by atoms with E-state index in [1.165, 1.54) is 22.4 Å². The van der Waals surface area contributed by atoms with Crippen molar-refractivity contribution in [3.8, 4) is 28.0 Å². The van der Waals surface area contributed by atoms with E-state index in [4.69, 9.17) is 47.1 Å². The van der Waals surface area contributed by atoms with Crippen LogP contribution < -0.4 is 19.1 Å². The molecule has 0 unspecified atom stereocenters. The maximum absolute atomic E-state index is 12.7. The Hall–Kier alpha value is -3.93. The first-order chi connectivity index (χ1) is 18.8. The number of carbonyl (C=O) groups excluding carboxylic acids is 1. The van der Waals surface area contributed by atoms with Crippen LogP contribution in [0.15, 0.2) is 42.7 Å². The molecular formula is C26H19Cl2N5O5S. The molecule has 0 N–H and O–H groups in total. The van der Waals surface area contributed by atoms with Crippen molar-refractivity contribution in [3.05, 3.63) is 58.5 Å². The van der Waals surface area contributed by atoms with E-state index in [9.17, 15) is 4.79 Å². The number of hydrogen-bond donors (Lipinski definition) is 0. The number of nitrogens with zero attached hydrogens (tertiary/aromatic N) is 5. The second kappa shape index (κ2) is 9.99. The molecule has 0 saturated heterocycles. The molecule has 0 spiro atoms. The molecule has 0 saturated carbocycles. The number of amides is 1. The van der Waals surface area contributed by atoms with Crippen LogP contribution in [0, 0.1) is 6.92 Å². The summed E-state index contributed by atoms with van der Waals surface area (Å²) in [6.45, 7) is 1.96. The molecule has 1 atom stereocenters. The van der Waals surface area contributed by atoms with Gasteiger partial charge < -0.3 is 18.9 Å². The highest BCUT2D eigenvalue weighted by molar-refractivity contribution is 7.22. The van der Waals surface area contributed by atoms with Crippen molar-refractivity contribution in [3.63, 3.8) is 0 Å². The van der Waals surface area contributed by atoms with Gasteiger partial charge in [-0.05, 0) is 36.8 Å². The molecule has 6 rings (SSSR count). The quantitative estimate of drug-likeness (QED) is 0.225. The molecule has 4 heterocycles. The highest BCUT2D eigenvalue weighted by atomic mass is 35.5. The molecule has 3 aromatic heterocycles. The fourth-order valence-corrected chi connectivity index (χ4v) is 5.60. The van der Waals surface area contributed by atoms with Crippen LogP contribution in [0.5, 0.6) is 17.4 Å². The summed E-state index contributed by atoms with van der Waals surface area (Å²) in [7, 11) is 3.10. The van der Waals surface area contributed by atoms with Crippen molar-refractivity contribution in [2.45, 2.75) is 13.2 Å². The van der Waals surface area contributed by atoms with Crippen LogP contribution in [0.3, 0.4) is 0 Å². The first kappa shape index (κ1) is 25.4. The number of rotatable bonds is 4. The molecule has 0 aliphatic carbocycles. The molecule has 198 valence electrons. The Kier molecular flexibility index (Phi) is 6.49. The van der Waals surface area contributed by atoms with E-state index < -0.39 is 12.4 Å². The van der Waals surface area contributed by atoms with Gasteiger partial charge in [0.25, 0.3) is 6.29 Å². The van der Waals surface area contributed by atoms with Crippen molar-refractivity contribution < 1.29 is 23.7 Å². The van der Waals surface area contributed by atoms with Crippen molar-refractivity contribution in [2.75, 3.05) is 25.7 Å². The number of thiazole rings is 1. The molecule has 10 nitrogen and oxygen atoms in total. The summed E-state index contributed by atoms with van der Waals surface area (Å²) in [5.74, 6) is 1.25. The van der Waals surface area contributed by atoms with E-state index in [1.807, 2.05) is 19.1 Å². The SMILES string of the molecule is COc1cnc2c(-c3nc4c(Cl)cc5c(c4s3)OC[C@@H](OC(=O)N(C)c3ccc(Cl)nc3)O5)cc(C)cc2n1. The number of aryl methyl sites for hydroxylation is 1. The van der Waals surface area contributed by atoms with Crippen molar-refractivity contribution >= 4 is 67.6 Å². The van der Waals surface area contributed by atoms with Gasteiger partial charge in [0.2, 0.25) is 5.88 Å². The molecular weight excluding hydrogens is 565 g/mol.